The molecule has 1 unspecified atom stereocenters. The molecule has 1 atom stereocenters. The van der Waals surface area contributed by atoms with Crippen LogP contribution in [0.5, 0.6) is 0 Å². The molecule has 0 rings (SSSR count). The number of rotatable bonds is 8. The minimum Gasteiger partial charge on any atom is -0.462 e. The van der Waals surface area contributed by atoms with Crippen molar-refractivity contribution in [3.05, 3.63) is 23.1 Å². The molecule has 0 bridgehead atoms. The Morgan fingerprint density at radius 1 is 1.26 bits per heavy atom. The quantitative estimate of drug-likeness (QED) is 0.507. The number of ether oxygens (including phenoxy) is 2. The molecule has 19 heavy (non-hydrogen) atoms. The fourth-order valence-corrected chi connectivity index (χ4v) is 2.09. The van der Waals surface area contributed by atoms with Crippen molar-refractivity contribution in [2.24, 2.45) is 0 Å². The topological polar surface area (TPSA) is 52.6 Å². The average Bonchev–Trinajstić information content (AvgIpc) is 2.29. The van der Waals surface area contributed by atoms with E-state index in [0.29, 0.717) is 6.42 Å². The summed E-state index contributed by atoms with van der Waals surface area (Å²) in [6.45, 7) is 8.71. The summed E-state index contributed by atoms with van der Waals surface area (Å²) in [5, 5.41) is 0. The Bertz CT molecular complexity index is 360. The van der Waals surface area contributed by atoms with E-state index >= 15 is 0 Å². The van der Waals surface area contributed by atoms with E-state index in [9.17, 15) is 9.59 Å². The van der Waals surface area contributed by atoms with E-state index in [1.165, 1.54) is 25.6 Å². The Morgan fingerprint density at radius 2 is 1.89 bits per heavy atom. The molecule has 0 aromatic carbocycles. The van der Waals surface area contributed by atoms with Gasteiger partial charge in [0.05, 0.1) is 0 Å². The predicted molar refractivity (Wildman–Crippen MR) is 77.8 cm³/mol. The standard InChI is InChI=1S/C14H22O4S/c1-10(2)6-7-13(18-12(4)16)14(19-5)8-9-17-11(3)15/h8,13H,1,6-7,9H2,2-5H3/b14-8-. The monoisotopic (exact) mass is 286 g/mol. The Labute approximate surface area is 119 Å². The average molecular weight is 286 g/mol. The van der Waals surface area contributed by atoms with Crippen molar-refractivity contribution in [2.45, 2.75) is 39.7 Å². The molecule has 0 aliphatic carbocycles. The van der Waals surface area contributed by atoms with Crippen LogP contribution in [0.25, 0.3) is 0 Å². The van der Waals surface area contributed by atoms with Gasteiger partial charge in [0.25, 0.3) is 0 Å². The van der Waals surface area contributed by atoms with Crippen LogP contribution < -0.4 is 0 Å². The highest BCUT2D eigenvalue weighted by Gasteiger charge is 2.17. The van der Waals surface area contributed by atoms with Gasteiger partial charge in [-0.05, 0) is 32.1 Å². The van der Waals surface area contributed by atoms with Gasteiger partial charge in [-0.25, -0.2) is 0 Å². The van der Waals surface area contributed by atoms with Crippen molar-refractivity contribution in [2.75, 3.05) is 12.9 Å². The lowest BCUT2D eigenvalue weighted by Gasteiger charge is -2.19. The smallest absolute Gasteiger partial charge is 0.303 e. The normalized spacial score (nSPS) is 12.7. The molecule has 0 aromatic heterocycles. The lowest BCUT2D eigenvalue weighted by atomic mass is 10.1. The van der Waals surface area contributed by atoms with Gasteiger partial charge in [0, 0.05) is 18.8 Å². The molecule has 0 heterocycles. The van der Waals surface area contributed by atoms with Crippen LogP contribution in [-0.2, 0) is 19.1 Å². The maximum absolute atomic E-state index is 11.1. The summed E-state index contributed by atoms with van der Waals surface area (Å²) in [5.41, 5.74) is 1.04. The van der Waals surface area contributed by atoms with E-state index in [-0.39, 0.29) is 24.6 Å². The second kappa shape index (κ2) is 9.67. The maximum atomic E-state index is 11.1. The van der Waals surface area contributed by atoms with E-state index in [1.54, 1.807) is 6.08 Å². The summed E-state index contributed by atoms with van der Waals surface area (Å²) < 4.78 is 10.2. The van der Waals surface area contributed by atoms with Crippen LogP contribution in [0.4, 0.5) is 0 Å². The first kappa shape index (κ1) is 17.8. The molecule has 0 aliphatic heterocycles. The highest BCUT2D eigenvalue weighted by Crippen LogP contribution is 2.24. The van der Waals surface area contributed by atoms with Crippen LogP contribution in [0.3, 0.4) is 0 Å². The van der Waals surface area contributed by atoms with Crippen LogP contribution in [0.15, 0.2) is 23.1 Å². The summed E-state index contributed by atoms with van der Waals surface area (Å²) in [6, 6.07) is 0. The minimum absolute atomic E-state index is 0.191. The molecular formula is C14H22O4S. The number of allylic oxidation sites excluding steroid dienone is 1. The summed E-state index contributed by atoms with van der Waals surface area (Å²) in [7, 11) is 0. The number of hydrogen-bond acceptors (Lipinski definition) is 5. The van der Waals surface area contributed by atoms with Crippen LogP contribution in [0, 0.1) is 0 Å². The zero-order valence-electron chi connectivity index (χ0n) is 12.0. The third-order valence-electron chi connectivity index (χ3n) is 2.27. The second-order valence-corrected chi connectivity index (χ2v) is 5.09. The Morgan fingerprint density at radius 3 is 2.32 bits per heavy atom. The highest BCUT2D eigenvalue weighted by atomic mass is 32.2. The zero-order valence-corrected chi connectivity index (χ0v) is 12.8. The molecule has 4 nitrogen and oxygen atoms in total. The molecular weight excluding hydrogens is 264 g/mol. The van der Waals surface area contributed by atoms with Crippen molar-refractivity contribution in [3.8, 4) is 0 Å². The van der Waals surface area contributed by atoms with E-state index in [1.807, 2.05) is 13.2 Å². The molecule has 5 heteroatoms. The summed E-state index contributed by atoms with van der Waals surface area (Å²) >= 11 is 1.49. The summed E-state index contributed by atoms with van der Waals surface area (Å²) in [4.78, 5) is 22.7. The molecule has 0 saturated carbocycles. The third kappa shape index (κ3) is 9.36. The first-order valence-corrected chi connectivity index (χ1v) is 7.28. The van der Waals surface area contributed by atoms with Gasteiger partial charge in [-0.15, -0.1) is 18.3 Å². The van der Waals surface area contributed by atoms with Crippen molar-refractivity contribution in [1.29, 1.82) is 0 Å². The number of esters is 2. The van der Waals surface area contributed by atoms with Crippen LogP contribution in [-0.4, -0.2) is 30.9 Å². The molecule has 0 spiro atoms. The molecule has 0 amide bonds. The van der Waals surface area contributed by atoms with Gasteiger partial charge in [0.1, 0.15) is 12.7 Å². The first-order chi connectivity index (χ1) is 8.86. The molecule has 0 saturated heterocycles. The van der Waals surface area contributed by atoms with Gasteiger partial charge in [-0.2, -0.15) is 0 Å². The lowest BCUT2D eigenvalue weighted by molar-refractivity contribution is -0.144. The number of thioether (sulfide) groups is 1. The van der Waals surface area contributed by atoms with Crippen LogP contribution in [0.2, 0.25) is 0 Å². The third-order valence-corrected chi connectivity index (χ3v) is 3.17. The molecule has 108 valence electrons. The van der Waals surface area contributed by atoms with Crippen molar-refractivity contribution < 1.29 is 19.1 Å². The van der Waals surface area contributed by atoms with Crippen LogP contribution >= 0.6 is 11.8 Å². The molecule has 0 aliphatic rings. The SMILES string of the molecule is C=C(C)CCC(OC(C)=O)/C(=C/COC(C)=O)SC. The Kier molecular flexibility index (Phi) is 9.04. The van der Waals surface area contributed by atoms with Crippen molar-refractivity contribution in [1.82, 2.24) is 0 Å². The van der Waals surface area contributed by atoms with Crippen molar-refractivity contribution >= 4 is 23.7 Å². The Balaban J connectivity index is 4.69. The Hall–Kier alpha value is -1.23. The predicted octanol–water partition coefficient (Wildman–Crippen LogP) is 3.08. The van der Waals surface area contributed by atoms with Gasteiger partial charge in [-0.3, -0.25) is 9.59 Å². The number of carbonyl (C=O) groups is 2. The van der Waals surface area contributed by atoms with E-state index in [4.69, 9.17) is 9.47 Å². The number of carbonyl (C=O) groups excluding carboxylic acids is 2. The number of hydrogen-bond donors (Lipinski definition) is 0. The van der Waals surface area contributed by atoms with Gasteiger partial charge in [0.15, 0.2) is 0 Å². The summed E-state index contributed by atoms with van der Waals surface area (Å²) in [5.74, 6) is -0.651. The molecule has 0 fully saturated rings. The minimum atomic E-state index is -0.331. The van der Waals surface area contributed by atoms with E-state index in [0.717, 1.165) is 16.9 Å². The van der Waals surface area contributed by atoms with Crippen molar-refractivity contribution in [3.63, 3.8) is 0 Å². The fraction of sp³-hybridized carbons (Fsp3) is 0.571. The lowest BCUT2D eigenvalue weighted by Crippen LogP contribution is -2.18. The fourth-order valence-electron chi connectivity index (χ4n) is 1.42. The molecule has 0 radical (unpaired) electrons. The summed E-state index contributed by atoms with van der Waals surface area (Å²) in [6.07, 6.45) is 4.83. The first-order valence-electron chi connectivity index (χ1n) is 6.05. The maximum Gasteiger partial charge on any atom is 0.303 e. The van der Waals surface area contributed by atoms with Crippen LogP contribution in [0.1, 0.15) is 33.6 Å². The zero-order chi connectivity index (χ0) is 14.8. The molecule has 0 aromatic rings. The highest BCUT2D eigenvalue weighted by molar-refractivity contribution is 8.02. The van der Waals surface area contributed by atoms with Gasteiger partial charge >= 0.3 is 11.9 Å². The molecule has 0 N–H and O–H groups in total. The van der Waals surface area contributed by atoms with Gasteiger partial charge in [0.2, 0.25) is 0 Å². The van der Waals surface area contributed by atoms with Gasteiger partial charge in [-0.1, -0.05) is 5.57 Å². The van der Waals surface area contributed by atoms with Gasteiger partial charge < -0.3 is 9.47 Å². The second-order valence-electron chi connectivity index (χ2n) is 4.21. The van der Waals surface area contributed by atoms with E-state index in [2.05, 4.69) is 6.58 Å². The largest absolute Gasteiger partial charge is 0.462 e. The van der Waals surface area contributed by atoms with E-state index < -0.39 is 0 Å².